The van der Waals surface area contributed by atoms with E-state index in [4.69, 9.17) is 5.26 Å². The predicted molar refractivity (Wildman–Crippen MR) is 42.8 cm³/mol. The zero-order valence-electron chi connectivity index (χ0n) is 6.57. The van der Waals surface area contributed by atoms with Crippen LogP contribution in [0.15, 0.2) is 0 Å². The van der Waals surface area contributed by atoms with E-state index >= 15 is 0 Å². The van der Waals surface area contributed by atoms with Gasteiger partial charge in [0.2, 0.25) is 0 Å². The summed E-state index contributed by atoms with van der Waals surface area (Å²) in [5.41, 5.74) is 0. The molecule has 0 aromatic carbocycles. The van der Waals surface area contributed by atoms with Crippen LogP contribution in [0.1, 0.15) is 20.8 Å². The summed E-state index contributed by atoms with van der Waals surface area (Å²) in [6.07, 6.45) is 0. The number of hydrogen-bond donors (Lipinski definition) is 0. The molecule has 0 amide bonds. The Bertz CT molecular complexity index is 102. The number of hydrogen-bond acceptors (Lipinski definition) is 1. The Morgan fingerprint density at radius 3 is 1.44 bits per heavy atom. The number of nitrogens with zero attached hydrogens (tertiary/aromatic N) is 1. The third-order valence-electron chi connectivity index (χ3n) is 2.27. The molecular weight excluding hydrogens is 171 g/mol. The molecule has 0 unspecified atom stereocenters. The van der Waals surface area contributed by atoms with E-state index in [1.807, 2.05) is 0 Å². The average molecular weight is 186 g/mol. The third kappa shape index (κ3) is 2.02. The summed E-state index contributed by atoms with van der Waals surface area (Å²) in [4.78, 5) is 2.55. The first-order valence-electron chi connectivity index (χ1n) is 3.66. The van der Waals surface area contributed by atoms with Crippen molar-refractivity contribution >= 4 is 13.3 Å². The second kappa shape index (κ2) is 3.95. The minimum absolute atomic E-state index is 1.17. The third-order valence-corrected chi connectivity index (χ3v) is 11.8. The first-order chi connectivity index (χ1) is 4.24. The molecule has 0 aliphatic rings. The number of rotatable bonds is 3. The minimum atomic E-state index is -1.86. The average Bonchev–Trinajstić information content (AvgIpc) is 1.95. The molecule has 0 radical (unpaired) electrons. The maximum absolute atomic E-state index is 8.81. The van der Waals surface area contributed by atoms with Crippen LogP contribution >= 0.6 is 0 Å². The molecular formula is C7H15GeN. The fourth-order valence-corrected chi connectivity index (χ4v) is 5.13. The van der Waals surface area contributed by atoms with Crippen LogP contribution < -0.4 is 0 Å². The molecule has 52 valence electrons. The van der Waals surface area contributed by atoms with Gasteiger partial charge in [-0.3, -0.25) is 0 Å². The van der Waals surface area contributed by atoms with Gasteiger partial charge in [-0.1, -0.05) is 0 Å². The van der Waals surface area contributed by atoms with Gasteiger partial charge in [-0.2, -0.15) is 0 Å². The van der Waals surface area contributed by atoms with Gasteiger partial charge in [0, 0.05) is 0 Å². The van der Waals surface area contributed by atoms with E-state index in [1.165, 1.54) is 15.8 Å². The van der Waals surface area contributed by atoms with Gasteiger partial charge in [0.05, 0.1) is 0 Å². The molecule has 0 saturated carbocycles. The van der Waals surface area contributed by atoms with Gasteiger partial charge in [0.25, 0.3) is 0 Å². The van der Waals surface area contributed by atoms with Crippen molar-refractivity contribution in [3.63, 3.8) is 0 Å². The molecule has 0 aliphatic carbocycles. The van der Waals surface area contributed by atoms with Gasteiger partial charge in [-0.25, -0.2) is 0 Å². The van der Waals surface area contributed by atoms with E-state index in [1.54, 1.807) is 0 Å². The Morgan fingerprint density at radius 1 is 1.11 bits per heavy atom. The van der Waals surface area contributed by atoms with Crippen molar-refractivity contribution in [1.29, 1.82) is 5.26 Å². The standard InChI is InChI=1S/C7H15GeN/c1-4-8(5-2,6-3)7-9/h4-6H2,1-3H3. The van der Waals surface area contributed by atoms with Crippen molar-refractivity contribution in [3.8, 4) is 4.90 Å². The molecule has 0 fully saturated rings. The molecule has 2 heteroatoms. The van der Waals surface area contributed by atoms with E-state index in [0.717, 1.165) is 0 Å². The van der Waals surface area contributed by atoms with E-state index in [9.17, 15) is 0 Å². The first kappa shape index (κ1) is 9.03. The van der Waals surface area contributed by atoms with E-state index < -0.39 is 13.3 Å². The first-order valence-corrected chi connectivity index (χ1v) is 9.16. The van der Waals surface area contributed by atoms with Gasteiger partial charge in [0.15, 0.2) is 0 Å². The van der Waals surface area contributed by atoms with Crippen LogP contribution in [0.4, 0.5) is 0 Å². The number of nitriles is 1. The van der Waals surface area contributed by atoms with Crippen molar-refractivity contribution in [2.24, 2.45) is 0 Å². The second-order valence-electron chi connectivity index (χ2n) is 2.45. The van der Waals surface area contributed by atoms with Crippen LogP contribution in [0.3, 0.4) is 0 Å². The van der Waals surface area contributed by atoms with Gasteiger partial charge in [-0.05, 0) is 0 Å². The zero-order chi connectivity index (χ0) is 7.33. The molecule has 0 bridgehead atoms. The Hall–Kier alpha value is 0.0329. The molecule has 9 heavy (non-hydrogen) atoms. The summed E-state index contributed by atoms with van der Waals surface area (Å²) in [5, 5.41) is 12.3. The normalized spacial score (nSPS) is 10.9. The summed E-state index contributed by atoms with van der Waals surface area (Å²) in [7, 11) is 0. The maximum atomic E-state index is 8.81. The van der Waals surface area contributed by atoms with Gasteiger partial charge < -0.3 is 0 Å². The molecule has 0 aromatic heterocycles. The molecule has 0 spiro atoms. The topological polar surface area (TPSA) is 23.8 Å². The summed E-state index contributed by atoms with van der Waals surface area (Å²) in [6, 6.07) is 0. The fourth-order valence-electron chi connectivity index (χ4n) is 0.987. The van der Waals surface area contributed by atoms with Crippen LogP contribution in [-0.4, -0.2) is 13.3 Å². The van der Waals surface area contributed by atoms with Crippen molar-refractivity contribution in [2.75, 3.05) is 0 Å². The molecule has 0 aromatic rings. The summed E-state index contributed by atoms with van der Waals surface area (Å²) in [5.74, 6) is 0. The second-order valence-corrected chi connectivity index (χ2v) is 12.7. The van der Waals surface area contributed by atoms with E-state index in [2.05, 4.69) is 25.7 Å². The van der Waals surface area contributed by atoms with Crippen LogP contribution in [0, 0.1) is 10.2 Å². The summed E-state index contributed by atoms with van der Waals surface area (Å²) < 4.78 is 0. The summed E-state index contributed by atoms with van der Waals surface area (Å²) >= 11 is -1.86. The zero-order valence-corrected chi connectivity index (χ0v) is 8.67. The fraction of sp³-hybridized carbons (Fsp3) is 0.857. The van der Waals surface area contributed by atoms with Crippen molar-refractivity contribution < 1.29 is 0 Å². The summed E-state index contributed by atoms with van der Waals surface area (Å²) in [6.45, 7) is 6.49. The van der Waals surface area contributed by atoms with Crippen molar-refractivity contribution in [3.05, 3.63) is 0 Å². The van der Waals surface area contributed by atoms with Gasteiger partial charge >= 0.3 is 60.0 Å². The van der Waals surface area contributed by atoms with Crippen molar-refractivity contribution in [2.45, 2.75) is 36.5 Å². The molecule has 0 atom stereocenters. The quantitative estimate of drug-likeness (QED) is 0.621. The van der Waals surface area contributed by atoms with Crippen molar-refractivity contribution in [1.82, 2.24) is 0 Å². The SMILES string of the molecule is C[CH2][Ge]([C]#N)([CH2]C)[CH2]C. The molecule has 0 rings (SSSR count). The molecule has 1 nitrogen and oxygen atoms in total. The Morgan fingerprint density at radius 2 is 1.44 bits per heavy atom. The van der Waals surface area contributed by atoms with Crippen LogP contribution in [0.25, 0.3) is 0 Å². The van der Waals surface area contributed by atoms with Crippen LogP contribution in [0.2, 0.25) is 15.8 Å². The Labute approximate surface area is 60.4 Å². The van der Waals surface area contributed by atoms with Crippen LogP contribution in [0.5, 0.6) is 0 Å². The van der Waals surface area contributed by atoms with E-state index in [-0.39, 0.29) is 0 Å². The predicted octanol–water partition coefficient (Wildman–Crippen LogP) is 2.56. The molecule has 0 heterocycles. The monoisotopic (exact) mass is 187 g/mol. The Kier molecular flexibility index (Phi) is 3.96. The molecule has 0 saturated heterocycles. The van der Waals surface area contributed by atoms with Gasteiger partial charge in [-0.15, -0.1) is 0 Å². The molecule has 0 aliphatic heterocycles. The Balaban J connectivity index is 4.04. The van der Waals surface area contributed by atoms with Gasteiger partial charge in [0.1, 0.15) is 0 Å². The van der Waals surface area contributed by atoms with Crippen LogP contribution in [-0.2, 0) is 0 Å². The molecule has 0 N–H and O–H groups in total. The van der Waals surface area contributed by atoms with E-state index in [0.29, 0.717) is 0 Å².